The van der Waals surface area contributed by atoms with Crippen molar-refractivity contribution in [2.75, 3.05) is 25.0 Å². The van der Waals surface area contributed by atoms with Gasteiger partial charge in [0.05, 0.1) is 12.2 Å². The van der Waals surface area contributed by atoms with Gasteiger partial charge in [-0.3, -0.25) is 9.59 Å². The minimum Gasteiger partial charge on any atom is -0.365 e. The number of fused-ring (bicyclic) bond motifs is 2. The van der Waals surface area contributed by atoms with E-state index in [9.17, 15) is 9.59 Å². The lowest BCUT2D eigenvalue weighted by atomic mass is 9.83. The molecule has 5 nitrogen and oxygen atoms in total. The Balaban J connectivity index is 1.44. The summed E-state index contributed by atoms with van der Waals surface area (Å²) in [5, 5.41) is 0. The second kappa shape index (κ2) is 6.82. The van der Waals surface area contributed by atoms with Crippen molar-refractivity contribution in [3.8, 4) is 0 Å². The third-order valence-corrected chi connectivity index (χ3v) is 5.84. The highest BCUT2D eigenvalue weighted by Gasteiger charge is 2.43. The summed E-state index contributed by atoms with van der Waals surface area (Å²) < 4.78 is 6.17. The van der Waals surface area contributed by atoms with Gasteiger partial charge in [-0.05, 0) is 48.2 Å². The first kappa shape index (κ1) is 17.7. The molecule has 0 saturated carbocycles. The number of likely N-dealkylation sites (tertiary alicyclic amines) is 1. The first-order valence-corrected chi connectivity index (χ1v) is 9.36. The Morgan fingerprint density at radius 2 is 1.70 bits per heavy atom. The van der Waals surface area contributed by atoms with Crippen LogP contribution in [0.1, 0.15) is 41.3 Å². The fourth-order valence-corrected chi connectivity index (χ4v) is 4.06. The number of amides is 2. The van der Waals surface area contributed by atoms with Gasteiger partial charge in [-0.25, -0.2) is 0 Å². The van der Waals surface area contributed by atoms with Gasteiger partial charge in [-0.1, -0.05) is 24.3 Å². The van der Waals surface area contributed by atoms with E-state index in [-0.39, 0.29) is 17.4 Å². The van der Waals surface area contributed by atoms with E-state index in [4.69, 9.17) is 4.74 Å². The molecule has 1 fully saturated rings. The molecule has 0 unspecified atom stereocenters. The summed E-state index contributed by atoms with van der Waals surface area (Å²) in [6, 6.07) is 15.6. The van der Waals surface area contributed by atoms with Crippen LogP contribution in [0.5, 0.6) is 0 Å². The Kier molecular flexibility index (Phi) is 4.48. The van der Waals surface area contributed by atoms with Crippen LogP contribution >= 0.6 is 0 Å². The van der Waals surface area contributed by atoms with Gasteiger partial charge >= 0.3 is 0 Å². The second-order valence-electron chi connectivity index (χ2n) is 7.36. The number of benzene rings is 2. The van der Waals surface area contributed by atoms with Crippen molar-refractivity contribution in [3.05, 3.63) is 65.2 Å². The molecule has 0 N–H and O–H groups in total. The lowest BCUT2D eigenvalue weighted by molar-refractivity contribution is -0.116. The molecular weight excluding hydrogens is 340 g/mol. The van der Waals surface area contributed by atoms with Gasteiger partial charge in [0.15, 0.2) is 0 Å². The summed E-state index contributed by atoms with van der Waals surface area (Å²) in [5.74, 6) is 0.000380. The lowest BCUT2D eigenvalue weighted by Gasteiger charge is -2.39. The van der Waals surface area contributed by atoms with Gasteiger partial charge in [0.25, 0.3) is 5.91 Å². The molecule has 0 aromatic heterocycles. The average molecular weight is 364 g/mol. The molecule has 0 bridgehead atoms. The van der Waals surface area contributed by atoms with Crippen LogP contribution in [0.3, 0.4) is 0 Å². The number of ether oxygens (including phenoxy) is 1. The first-order valence-electron chi connectivity index (χ1n) is 9.36. The summed E-state index contributed by atoms with van der Waals surface area (Å²) in [6.07, 6.45) is 1.64. The molecule has 4 rings (SSSR count). The van der Waals surface area contributed by atoms with Crippen molar-refractivity contribution in [2.45, 2.75) is 32.0 Å². The maximum atomic E-state index is 12.9. The van der Waals surface area contributed by atoms with Gasteiger partial charge in [0, 0.05) is 38.3 Å². The lowest BCUT2D eigenvalue weighted by Crippen LogP contribution is -2.45. The van der Waals surface area contributed by atoms with E-state index >= 15 is 0 Å². The molecule has 0 radical (unpaired) electrons. The molecule has 2 aromatic carbocycles. The molecule has 1 saturated heterocycles. The first-order chi connectivity index (χ1) is 13.0. The van der Waals surface area contributed by atoms with Crippen LogP contribution in [0, 0.1) is 0 Å². The Hall–Kier alpha value is -2.66. The van der Waals surface area contributed by atoms with E-state index in [1.165, 1.54) is 18.1 Å². The highest BCUT2D eigenvalue weighted by atomic mass is 16.5. The van der Waals surface area contributed by atoms with E-state index in [0.717, 1.165) is 18.5 Å². The summed E-state index contributed by atoms with van der Waals surface area (Å²) in [7, 11) is 1.72. The molecule has 27 heavy (non-hydrogen) atoms. The number of hydrogen-bond donors (Lipinski definition) is 0. The van der Waals surface area contributed by atoms with Crippen LogP contribution in [0.25, 0.3) is 0 Å². The van der Waals surface area contributed by atoms with Gasteiger partial charge < -0.3 is 14.5 Å². The normalized spacial score (nSPS) is 17.6. The quantitative estimate of drug-likeness (QED) is 0.821. The second-order valence-corrected chi connectivity index (χ2v) is 7.36. The standard InChI is InChI=1S/C22H24N2O3/c1-16(25)23(2)19-9-7-17(8-10-19)21(26)24-13-11-22(12-14-24)20-6-4-3-5-18(20)15-27-22/h3-10H,11-15H2,1-2H3. The van der Waals surface area contributed by atoms with Crippen LogP contribution in [0.4, 0.5) is 5.69 Å². The van der Waals surface area contributed by atoms with Crippen molar-refractivity contribution in [1.29, 1.82) is 0 Å². The van der Waals surface area contributed by atoms with Gasteiger partial charge in [-0.15, -0.1) is 0 Å². The predicted octanol–water partition coefficient (Wildman–Crippen LogP) is 3.33. The maximum absolute atomic E-state index is 12.9. The summed E-state index contributed by atoms with van der Waals surface area (Å²) in [4.78, 5) is 27.8. The van der Waals surface area contributed by atoms with E-state index in [0.29, 0.717) is 25.3 Å². The highest BCUT2D eigenvalue weighted by Crippen LogP contribution is 2.44. The van der Waals surface area contributed by atoms with Crippen molar-refractivity contribution >= 4 is 17.5 Å². The molecule has 2 heterocycles. The highest BCUT2D eigenvalue weighted by molar-refractivity contribution is 5.96. The molecular formula is C22H24N2O3. The van der Waals surface area contributed by atoms with Crippen LogP contribution in [-0.2, 0) is 21.7 Å². The maximum Gasteiger partial charge on any atom is 0.253 e. The number of carbonyl (C=O) groups excluding carboxylic acids is 2. The van der Waals surface area contributed by atoms with Gasteiger partial charge in [0.1, 0.15) is 0 Å². The van der Waals surface area contributed by atoms with Gasteiger partial charge in [0.2, 0.25) is 5.91 Å². The summed E-state index contributed by atoms with van der Waals surface area (Å²) >= 11 is 0. The van der Waals surface area contributed by atoms with E-state index in [2.05, 4.69) is 18.2 Å². The van der Waals surface area contributed by atoms with Crippen molar-refractivity contribution in [2.24, 2.45) is 0 Å². The largest absolute Gasteiger partial charge is 0.365 e. The summed E-state index contributed by atoms with van der Waals surface area (Å²) in [5.41, 5.74) is 3.75. The van der Waals surface area contributed by atoms with Crippen LogP contribution < -0.4 is 4.90 Å². The molecule has 0 aliphatic carbocycles. The Morgan fingerprint density at radius 1 is 1.04 bits per heavy atom. The Morgan fingerprint density at radius 3 is 2.37 bits per heavy atom. The number of nitrogens with zero attached hydrogens (tertiary/aromatic N) is 2. The number of rotatable bonds is 2. The van der Waals surface area contributed by atoms with Crippen molar-refractivity contribution < 1.29 is 14.3 Å². The number of piperidine rings is 1. The van der Waals surface area contributed by atoms with E-state index in [1.54, 1.807) is 24.1 Å². The van der Waals surface area contributed by atoms with Crippen LogP contribution in [0.15, 0.2) is 48.5 Å². The number of carbonyl (C=O) groups is 2. The Bertz CT molecular complexity index is 867. The molecule has 5 heteroatoms. The smallest absolute Gasteiger partial charge is 0.253 e. The molecule has 1 spiro atoms. The molecule has 140 valence electrons. The molecule has 2 aliphatic heterocycles. The molecule has 0 atom stereocenters. The zero-order valence-electron chi connectivity index (χ0n) is 15.8. The topological polar surface area (TPSA) is 49.9 Å². The number of hydrogen-bond acceptors (Lipinski definition) is 3. The van der Waals surface area contributed by atoms with Crippen molar-refractivity contribution in [3.63, 3.8) is 0 Å². The molecule has 2 aliphatic rings. The SMILES string of the molecule is CC(=O)N(C)c1ccc(C(=O)N2CCC3(CC2)OCc2ccccc23)cc1. The Labute approximate surface area is 159 Å². The van der Waals surface area contributed by atoms with Gasteiger partial charge in [-0.2, -0.15) is 0 Å². The molecule has 2 amide bonds. The summed E-state index contributed by atoms with van der Waals surface area (Å²) in [6.45, 7) is 3.55. The third-order valence-electron chi connectivity index (χ3n) is 5.84. The van der Waals surface area contributed by atoms with E-state index < -0.39 is 0 Å². The predicted molar refractivity (Wildman–Crippen MR) is 104 cm³/mol. The fourth-order valence-electron chi connectivity index (χ4n) is 4.06. The number of anilines is 1. The fraction of sp³-hybridized carbons (Fsp3) is 0.364. The van der Waals surface area contributed by atoms with Crippen molar-refractivity contribution in [1.82, 2.24) is 4.90 Å². The third kappa shape index (κ3) is 3.12. The minimum absolute atomic E-state index is 0.0350. The van der Waals surface area contributed by atoms with Crippen LogP contribution in [0.2, 0.25) is 0 Å². The monoisotopic (exact) mass is 364 g/mol. The zero-order chi connectivity index (χ0) is 19.0. The molecule has 2 aromatic rings. The minimum atomic E-state index is -0.235. The average Bonchev–Trinajstić information content (AvgIpc) is 3.06. The zero-order valence-corrected chi connectivity index (χ0v) is 15.8. The van der Waals surface area contributed by atoms with Crippen LogP contribution in [-0.4, -0.2) is 36.9 Å². The van der Waals surface area contributed by atoms with E-state index in [1.807, 2.05) is 23.1 Å².